The summed E-state index contributed by atoms with van der Waals surface area (Å²) in [6, 6.07) is 16.1. The first-order chi connectivity index (χ1) is 14.6. The summed E-state index contributed by atoms with van der Waals surface area (Å²) in [4.78, 5) is 27.2. The van der Waals surface area contributed by atoms with Crippen molar-refractivity contribution < 1.29 is 23.1 Å². The maximum Gasteiger partial charge on any atom is 0.294 e. The Morgan fingerprint density at radius 2 is 1.87 bits per heavy atom. The fourth-order valence-electron chi connectivity index (χ4n) is 3.28. The number of carbonyl (C=O) groups excluding carboxylic acids is 2. The van der Waals surface area contributed by atoms with Crippen LogP contribution in [0.3, 0.4) is 0 Å². The molecule has 0 aliphatic carbocycles. The van der Waals surface area contributed by atoms with Gasteiger partial charge in [-0.15, -0.1) is 0 Å². The van der Waals surface area contributed by atoms with Crippen LogP contribution in [0.15, 0.2) is 65.1 Å². The first-order valence-electron chi connectivity index (χ1n) is 9.78. The van der Waals surface area contributed by atoms with Crippen LogP contribution in [-0.4, -0.2) is 31.0 Å². The van der Waals surface area contributed by atoms with E-state index in [4.69, 9.17) is 9.15 Å². The summed E-state index contributed by atoms with van der Waals surface area (Å²) in [5, 5.41) is 2.81. The summed E-state index contributed by atoms with van der Waals surface area (Å²) < 4.78 is 24.7. The minimum absolute atomic E-state index is 0.0674. The number of nitrogens with one attached hydrogen (secondary N) is 1. The van der Waals surface area contributed by atoms with Crippen LogP contribution in [0.1, 0.15) is 23.9 Å². The fourth-order valence-corrected chi connectivity index (χ4v) is 3.28. The zero-order valence-corrected chi connectivity index (χ0v) is 16.4. The maximum atomic E-state index is 13.2. The van der Waals surface area contributed by atoms with Gasteiger partial charge in [0.15, 0.2) is 11.9 Å². The number of hydrogen-bond acceptors (Lipinski definition) is 4. The first kappa shape index (κ1) is 19.7. The van der Waals surface area contributed by atoms with Crippen molar-refractivity contribution in [2.75, 3.05) is 18.0 Å². The molecule has 0 saturated carbocycles. The van der Waals surface area contributed by atoms with Gasteiger partial charge < -0.3 is 14.5 Å². The second kappa shape index (κ2) is 8.41. The van der Waals surface area contributed by atoms with Gasteiger partial charge >= 0.3 is 0 Å². The molecule has 0 bridgehead atoms. The van der Waals surface area contributed by atoms with E-state index in [2.05, 4.69) is 5.32 Å². The lowest BCUT2D eigenvalue weighted by Crippen LogP contribution is -2.50. The molecule has 7 heteroatoms. The number of benzene rings is 2. The molecule has 1 aliphatic heterocycles. The lowest BCUT2D eigenvalue weighted by atomic mass is 10.1. The summed E-state index contributed by atoms with van der Waals surface area (Å²) in [7, 11) is 0. The Morgan fingerprint density at radius 3 is 2.63 bits per heavy atom. The number of nitrogens with zero attached hydrogens (tertiary/aromatic N) is 1. The molecule has 0 unspecified atom stereocenters. The van der Waals surface area contributed by atoms with Crippen molar-refractivity contribution in [1.29, 1.82) is 0 Å². The number of furan rings is 1. The molecule has 2 heterocycles. The highest BCUT2D eigenvalue weighted by molar-refractivity contribution is 6.06. The van der Waals surface area contributed by atoms with Gasteiger partial charge in [0.05, 0.1) is 12.2 Å². The molecule has 1 aliphatic rings. The summed E-state index contributed by atoms with van der Waals surface area (Å²) in [6.45, 7) is 2.56. The number of carbonyl (C=O) groups is 2. The van der Waals surface area contributed by atoms with E-state index in [1.54, 1.807) is 48.5 Å². The smallest absolute Gasteiger partial charge is 0.294 e. The average molecular weight is 408 g/mol. The Labute approximate surface area is 173 Å². The molecule has 30 heavy (non-hydrogen) atoms. The van der Waals surface area contributed by atoms with Crippen LogP contribution in [-0.2, 0) is 4.79 Å². The van der Waals surface area contributed by atoms with Gasteiger partial charge in [-0.25, -0.2) is 4.39 Å². The van der Waals surface area contributed by atoms with E-state index in [-0.39, 0.29) is 29.9 Å². The van der Waals surface area contributed by atoms with Crippen molar-refractivity contribution in [2.45, 2.75) is 19.4 Å². The van der Waals surface area contributed by atoms with Crippen molar-refractivity contribution in [2.24, 2.45) is 0 Å². The van der Waals surface area contributed by atoms with Crippen LogP contribution in [0, 0.1) is 5.82 Å². The molecule has 6 nitrogen and oxygen atoms in total. The molecule has 0 radical (unpaired) electrons. The number of amides is 2. The quantitative estimate of drug-likeness (QED) is 0.692. The molecular weight excluding hydrogens is 387 g/mol. The second-order valence-electron chi connectivity index (χ2n) is 6.95. The number of halogens is 1. The molecule has 3 aromatic rings. The summed E-state index contributed by atoms with van der Waals surface area (Å²) in [6.07, 6.45) is -0.0158. The molecule has 2 amide bonds. The highest BCUT2D eigenvalue weighted by atomic mass is 19.1. The van der Waals surface area contributed by atoms with Gasteiger partial charge in [0.25, 0.3) is 11.8 Å². The first-order valence-corrected chi connectivity index (χ1v) is 9.78. The molecule has 1 N–H and O–H groups in total. The molecule has 0 fully saturated rings. The molecule has 154 valence electrons. The number of rotatable bonds is 5. The van der Waals surface area contributed by atoms with Gasteiger partial charge in [-0.3, -0.25) is 14.5 Å². The standard InChI is InChI=1S/C23H21FN2O4/c1-2-13-25-22(27)21-14-26(17-5-3-4-6-19(17)30-21)23(28)20-12-11-18(29-20)15-7-9-16(24)10-8-15/h3-12,21H,2,13-14H2,1H3,(H,25,27)/t21-/m1/s1. The van der Waals surface area contributed by atoms with Crippen LogP contribution >= 0.6 is 0 Å². The second-order valence-corrected chi connectivity index (χ2v) is 6.95. The number of fused-ring (bicyclic) bond motifs is 1. The SMILES string of the molecule is CCCNC(=O)[C@H]1CN(C(=O)c2ccc(-c3ccc(F)cc3)o2)c2ccccc2O1. The minimum Gasteiger partial charge on any atom is -0.477 e. The highest BCUT2D eigenvalue weighted by Crippen LogP contribution is 2.34. The fraction of sp³-hybridized carbons (Fsp3) is 0.217. The Balaban J connectivity index is 1.61. The molecular formula is C23H21FN2O4. The number of para-hydroxylation sites is 2. The Kier molecular flexibility index (Phi) is 5.52. The van der Waals surface area contributed by atoms with Gasteiger partial charge in [0.2, 0.25) is 0 Å². The molecule has 1 aromatic heterocycles. The van der Waals surface area contributed by atoms with Crippen LogP contribution in [0.2, 0.25) is 0 Å². The lowest BCUT2D eigenvalue weighted by molar-refractivity contribution is -0.127. The summed E-state index contributed by atoms with van der Waals surface area (Å²) in [5.74, 6) is 0.0388. The lowest BCUT2D eigenvalue weighted by Gasteiger charge is -2.33. The van der Waals surface area contributed by atoms with Gasteiger partial charge in [-0.2, -0.15) is 0 Å². The normalized spacial score (nSPS) is 15.3. The molecule has 1 atom stereocenters. The number of ether oxygens (including phenoxy) is 1. The zero-order valence-electron chi connectivity index (χ0n) is 16.4. The van der Waals surface area contributed by atoms with E-state index < -0.39 is 6.10 Å². The molecule has 2 aromatic carbocycles. The van der Waals surface area contributed by atoms with Gasteiger partial charge in [-0.1, -0.05) is 19.1 Å². The average Bonchev–Trinajstić information content (AvgIpc) is 3.27. The van der Waals surface area contributed by atoms with Gasteiger partial charge in [-0.05, 0) is 55.0 Å². The van der Waals surface area contributed by atoms with E-state index in [1.165, 1.54) is 17.0 Å². The zero-order chi connectivity index (χ0) is 21.1. The third-order valence-corrected chi connectivity index (χ3v) is 4.81. The number of anilines is 1. The predicted molar refractivity (Wildman–Crippen MR) is 110 cm³/mol. The molecule has 4 rings (SSSR count). The molecule has 0 saturated heterocycles. The largest absolute Gasteiger partial charge is 0.477 e. The van der Waals surface area contributed by atoms with Crippen molar-refractivity contribution in [1.82, 2.24) is 5.32 Å². The van der Waals surface area contributed by atoms with Gasteiger partial charge in [0, 0.05) is 12.1 Å². The van der Waals surface area contributed by atoms with Crippen LogP contribution in [0.5, 0.6) is 5.75 Å². The topological polar surface area (TPSA) is 71.8 Å². The Bertz CT molecular complexity index is 1060. The highest BCUT2D eigenvalue weighted by Gasteiger charge is 2.35. The van der Waals surface area contributed by atoms with Crippen molar-refractivity contribution in [3.63, 3.8) is 0 Å². The van der Waals surface area contributed by atoms with E-state index in [0.717, 1.165) is 6.42 Å². The summed E-state index contributed by atoms with van der Waals surface area (Å²) >= 11 is 0. The van der Waals surface area contributed by atoms with Crippen molar-refractivity contribution >= 4 is 17.5 Å². The van der Waals surface area contributed by atoms with Crippen LogP contribution < -0.4 is 15.0 Å². The van der Waals surface area contributed by atoms with E-state index in [1.807, 2.05) is 6.92 Å². The monoisotopic (exact) mass is 408 g/mol. The third kappa shape index (κ3) is 3.91. The summed E-state index contributed by atoms with van der Waals surface area (Å²) in [5.41, 5.74) is 1.23. The number of hydrogen-bond donors (Lipinski definition) is 1. The van der Waals surface area contributed by atoms with E-state index in [9.17, 15) is 14.0 Å². The van der Waals surface area contributed by atoms with Crippen molar-refractivity contribution in [3.8, 4) is 17.1 Å². The van der Waals surface area contributed by atoms with Crippen LogP contribution in [0.25, 0.3) is 11.3 Å². The van der Waals surface area contributed by atoms with Crippen molar-refractivity contribution in [3.05, 3.63) is 72.2 Å². The third-order valence-electron chi connectivity index (χ3n) is 4.81. The van der Waals surface area contributed by atoms with E-state index >= 15 is 0 Å². The maximum absolute atomic E-state index is 13.2. The van der Waals surface area contributed by atoms with Crippen LogP contribution in [0.4, 0.5) is 10.1 Å². The molecule has 0 spiro atoms. The predicted octanol–water partition coefficient (Wildman–Crippen LogP) is 4.02. The minimum atomic E-state index is -0.818. The van der Waals surface area contributed by atoms with Gasteiger partial charge in [0.1, 0.15) is 17.3 Å². The Morgan fingerprint density at radius 1 is 1.10 bits per heavy atom. The Hall–Kier alpha value is -3.61. The van der Waals surface area contributed by atoms with E-state index in [0.29, 0.717) is 29.3 Å².